The molecule has 3 unspecified atom stereocenters. The van der Waals surface area contributed by atoms with Gasteiger partial charge in [0.25, 0.3) is 0 Å². The second-order valence-corrected chi connectivity index (χ2v) is 6.40. The molecule has 3 heterocycles. The second-order valence-electron chi connectivity index (χ2n) is 6.40. The van der Waals surface area contributed by atoms with Crippen LogP contribution in [0, 0.1) is 5.92 Å². The van der Waals surface area contributed by atoms with Crippen molar-refractivity contribution in [3.8, 4) is 0 Å². The maximum Gasteiger partial charge on any atom is 0.236 e. The summed E-state index contributed by atoms with van der Waals surface area (Å²) in [6, 6.07) is 8.66. The van der Waals surface area contributed by atoms with E-state index in [1.54, 1.807) is 0 Å². The summed E-state index contributed by atoms with van der Waals surface area (Å²) in [7, 11) is 0. The van der Waals surface area contributed by atoms with Crippen molar-refractivity contribution in [2.24, 2.45) is 5.92 Å². The molecule has 1 amide bonds. The fourth-order valence-corrected chi connectivity index (χ4v) is 4.37. The number of carbonyl (C=O) groups is 1. The fourth-order valence-electron chi connectivity index (χ4n) is 4.37. The Labute approximate surface area is 114 Å². The smallest absolute Gasteiger partial charge is 0.236 e. The van der Waals surface area contributed by atoms with E-state index in [1.807, 2.05) is 12.1 Å². The van der Waals surface area contributed by atoms with Gasteiger partial charge in [0.05, 0.1) is 5.41 Å². The van der Waals surface area contributed by atoms with Crippen LogP contribution in [0.1, 0.15) is 31.7 Å². The third-order valence-corrected chi connectivity index (χ3v) is 5.40. The minimum atomic E-state index is -0.273. The Morgan fingerprint density at radius 3 is 3.05 bits per heavy atom. The van der Waals surface area contributed by atoms with Gasteiger partial charge in [0, 0.05) is 11.7 Å². The number of piperidine rings is 1. The molecule has 2 saturated heterocycles. The van der Waals surface area contributed by atoms with Crippen molar-refractivity contribution in [1.82, 2.24) is 4.90 Å². The van der Waals surface area contributed by atoms with E-state index in [0.29, 0.717) is 6.04 Å². The molecule has 3 atom stereocenters. The molecule has 0 saturated carbocycles. The van der Waals surface area contributed by atoms with Gasteiger partial charge in [0.15, 0.2) is 0 Å². The van der Waals surface area contributed by atoms with Crippen molar-refractivity contribution in [2.45, 2.75) is 37.6 Å². The van der Waals surface area contributed by atoms with Gasteiger partial charge in [-0.15, -0.1) is 0 Å². The number of anilines is 1. The van der Waals surface area contributed by atoms with Crippen LogP contribution in [0.4, 0.5) is 5.69 Å². The van der Waals surface area contributed by atoms with E-state index in [1.165, 1.54) is 12.0 Å². The lowest BCUT2D eigenvalue weighted by Crippen LogP contribution is -2.50. The average Bonchev–Trinajstić information content (AvgIpc) is 2.92. The van der Waals surface area contributed by atoms with Crippen molar-refractivity contribution < 1.29 is 4.79 Å². The van der Waals surface area contributed by atoms with Gasteiger partial charge in [0.1, 0.15) is 0 Å². The van der Waals surface area contributed by atoms with Crippen LogP contribution in [0.5, 0.6) is 0 Å². The highest BCUT2D eigenvalue weighted by Gasteiger charge is 2.58. The first-order chi connectivity index (χ1) is 9.22. The summed E-state index contributed by atoms with van der Waals surface area (Å²) in [6.07, 6.45) is 3.41. The Bertz CT molecular complexity index is 541. The molecule has 0 radical (unpaired) electrons. The highest BCUT2D eigenvalue weighted by Crippen LogP contribution is 2.51. The van der Waals surface area contributed by atoms with E-state index in [9.17, 15) is 4.79 Å². The van der Waals surface area contributed by atoms with E-state index < -0.39 is 0 Å². The number of amides is 1. The maximum absolute atomic E-state index is 12.7. The van der Waals surface area contributed by atoms with Crippen LogP contribution in [0.2, 0.25) is 0 Å². The Morgan fingerprint density at radius 1 is 1.32 bits per heavy atom. The lowest BCUT2D eigenvalue weighted by Gasteiger charge is -2.39. The standard InChI is InChI=1S/C16H20N2O/c1-11-6-8-18-9-7-16(14(18)10-11)12-4-2-3-5-13(12)17-15(16)19/h2-5,11,14H,6-10H2,1H3,(H,17,19). The summed E-state index contributed by atoms with van der Waals surface area (Å²) < 4.78 is 0. The number of carbonyl (C=O) groups excluding carboxylic acids is 1. The summed E-state index contributed by atoms with van der Waals surface area (Å²) in [5.74, 6) is 0.965. The Kier molecular flexibility index (Phi) is 2.31. The van der Waals surface area contributed by atoms with Gasteiger partial charge >= 0.3 is 0 Å². The summed E-state index contributed by atoms with van der Waals surface area (Å²) >= 11 is 0. The SMILES string of the molecule is CC1CCN2CCC3(C(=O)Nc4ccccc43)C2C1. The first kappa shape index (κ1) is 11.5. The predicted octanol–water partition coefficient (Wildman–Crippen LogP) is 2.38. The number of nitrogens with one attached hydrogen (secondary N) is 1. The lowest BCUT2D eigenvalue weighted by atomic mass is 9.71. The molecule has 1 aromatic carbocycles. The zero-order valence-electron chi connectivity index (χ0n) is 11.4. The molecule has 2 fully saturated rings. The molecular weight excluding hydrogens is 236 g/mol. The third kappa shape index (κ3) is 1.39. The van der Waals surface area contributed by atoms with Crippen LogP contribution >= 0.6 is 0 Å². The third-order valence-electron chi connectivity index (χ3n) is 5.40. The zero-order valence-corrected chi connectivity index (χ0v) is 11.4. The molecule has 0 aromatic heterocycles. The van der Waals surface area contributed by atoms with Gasteiger partial charge in [-0.25, -0.2) is 0 Å². The molecule has 0 aliphatic carbocycles. The van der Waals surface area contributed by atoms with Crippen molar-refractivity contribution in [2.75, 3.05) is 18.4 Å². The molecule has 1 aromatic rings. The number of hydrogen-bond donors (Lipinski definition) is 1. The minimum absolute atomic E-state index is 0.232. The molecule has 3 aliphatic rings. The number of benzene rings is 1. The zero-order chi connectivity index (χ0) is 13.0. The lowest BCUT2D eigenvalue weighted by molar-refractivity contribution is -0.122. The largest absolute Gasteiger partial charge is 0.325 e. The van der Waals surface area contributed by atoms with Crippen LogP contribution < -0.4 is 5.32 Å². The highest BCUT2D eigenvalue weighted by atomic mass is 16.2. The molecule has 0 bridgehead atoms. The van der Waals surface area contributed by atoms with Gasteiger partial charge in [-0.2, -0.15) is 0 Å². The van der Waals surface area contributed by atoms with Gasteiger partial charge < -0.3 is 5.32 Å². The molecule has 3 aliphatic heterocycles. The quantitative estimate of drug-likeness (QED) is 0.773. The fraction of sp³-hybridized carbons (Fsp3) is 0.562. The van der Waals surface area contributed by atoms with Crippen molar-refractivity contribution in [1.29, 1.82) is 0 Å². The van der Waals surface area contributed by atoms with Crippen molar-refractivity contribution in [3.63, 3.8) is 0 Å². The highest BCUT2D eigenvalue weighted by molar-refractivity contribution is 6.07. The van der Waals surface area contributed by atoms with Crippen LogP contribution in [0.25, 0.3) is 0 Å². The molecule has 100 valence electrons. The first-order valence-corrected chi connectivity index (χ1v) is 7.37. The van der Waals surface area contributed by atoms with E-state index >= 15 is 0 Å². The van der Waals surface area contributed by atoms with E-state index in [2.05, 4.69) is 29.3 Å². The summed E-state index contributed by atoms with van der Waals surface area (Å²) in [5, 5.41) is 3.11. The number of para-hydroxylation sites is 1. The molecule has 1 N–H and O–H groups in total. The monoisotopic (exact) mass is 256 g/mol. The number of nitrogens with zero attached hydrogens (tertiary/aromatic N) is 1. The summed E-state index contributed by atoms with van der Waals surface area (Å²) in [6.45, 7) is 4.55. The van der Waals surface area contributed by atoms with Gasteiger partial charge in [-0.3, -0.25) is 9.69 Å². The topological polar surface area (TPSA) is 32.3 Å². The van der Waals surface area contributed by atoms with Crippen LogP contribution in [-0.4, -0.2) is 29.9 Å². The number of hydrogen-bond acceptors (Lipinski definition) is 2. The average molecular weight is 256 g/mol. The maximum atomic E-state index is 12.7. The molecule has 3 heteroatoms. The van der Waals surface area contributed by atoms with Gasteiger partial charge in [-0.05, 0) is 49.9 Å². The number of rotatable bonds is 0. The van der Waals surface area contributed by atoms with Gasteiger partial charge in [-0.1, -0.05) is 25.1 Å². The second kappa shape index (κ2) is 3.83. The Balaban J connectivity index is 1.83. The molecule has 4 rings (SSSR count). The normalized spacial score (nSPS) is 37.2. The van der Waals surface area contributed by atoms with Crippen LogP contribution in [-0.2, 0) is 10.2 Å². The molecule has 1 spiro atoms. The predicted molar refractivity (Wildman–Crippen MR) is 75.1 cm³/mol. The van der Waals surface area contributed by atoms with E-state index in [-0.39, 0.29) is 11.3 Å². The summed E-state index contributed by atoms with van der Waals surface area (Å²) in [5.41, 5.74) is 2.00. The first-order valence-electron chi connectivity index (χ1n) is 7.37. The van der Waals surface area contributed by atoms with Crippen molar-refractivity contribution in [3.05, 3.63) is 29.8 Å². The van der Waals surface area contributed by atoms with Crippen molar-refractivity contribution >= 4 is 11.6 Å². The summed E-state index contributed by atoms with van der Waals surface area (Å²) in [4.78, 5) is 15.2. The molecular formula is C16H20N2O. The van der Waals surface area contributed by atoms with E-state index in [4.69, 9.17) is 0 Å². The van der Waals surface area contributed by atoms with Crippen LogP contribution in [0.3, 0.4) is 0 Å². The van der Waals surface area contributed by atoms with Gasteiger partial charge in [0.2, 0.25) is 5.91 Å². The molecule has 19 heavy (non-hydrogen) atoms. The van der Waals surface area contributed by atoms with E-state index in [0.717, 1.165) is 37.5 Å². The molecule has 3 nitrogen and oxygen atoms in total. The Morgan fingerprint density at radius 2 is 2.16 bits per heavy atom. The minimum Gasteiger partial charge on any atom is -0.325 e. The Hall–Kier alpha value is -1.35. The van der Waals surface area contributed by atoms with Crippen LogP contribution in [0.15, 0.2) is 24.3 Å². The number of fused-ring (bicyclic) bond motifs is 4.